The quantitative estimate of drug-likeness (QED) is 0.925. The van der Waals surface area contributed by atoms with E-state index in [0.717, 1.165) is 19.4 Å². The molecular weight excluding hydrogens is 311 g/mol. The van der Waals surface area contributed by atoms with E-state index >= 15 is 0 Å². The normalized spacial score (nSPS) is 19.5. The zero-order chi connectivity index (χ0) is 13.8. The number of hydrogen-bond acceptors (Lipinski definition) is 2. The van der Waals surface area contributed by atoms with E-state index in [0.29, 0.717) is 23.5 Å². The van der Waals surface area contributed by atoms with E-state index in [1.165, 1.54) is 6.07 Å². The van der Waals surface area contributed by atoms with Gasteiger partial charge < -0.3 is 10.2 Å². The Bertz CT molecular complexity index is 445. The molecule has 1 aliphatic rings. The van der Waals surface area contributed by atoms with Gasteiger partial charge in [0.15, 0.2) is 0 Å². The molecule has 19 heavy (non-hydrogen) atoms. The largest absolute Gasteiger partial charge is 0.338 e. The molecule has 1 atom stereocenters. The van der Waals surface area contributed by atoms with Crippen molar-refractivity contribution in [3.05, 3.63) is 34.1 Å². The summed E-state index contributed by atoms with van der Waals surface area (Å²) in [6, 6.07) is 4.62. The van der Waals surface area contributed by atoms with Gasteiger partial charge in [-0.2, -0.15) is 0 Å². The number of amides is 1. The third-order valence-electron chi connectivity index (χ3n) is 3.48. The highest BCUT2D eigenvalue weighted by Crippen LogP contribution is 2.24. The minimum absolute atomic E-state index is 0.146. The number of rotatable bonds is 3. The van der Waals surface area contributed by atoms with Gasteiger partial charge in [-0.3, -0.25) is 4.79 Å². The van der Waals surface area contributed by atoms with E-state index in [4.69, 9.17) is 0 Å². The van der Waals surface area contributed by atoms with Crippen LogP contribution in [0.2, 0.25) is 0 Å². The van der Waals surface area contributed by atoms with Crippen molar-refractivity contribution in [2.45, 2.75) is 12.8 Å². The molecule has 0 radical (unpaired) electrons. The third kappa shape index (κ3) is 3.34. The number of carbonyl (C=O) groups is 1. The lowest BCUT2D eigenvalue weighted by Crippen LogP contribution is -2.42. The van der Waals surface area contributed by atoms with Crippen molar-refractivity contribution in [2.24, 2.45) is 5.92 Å². The van der Waals surface area contributed by atoms with E-state index in [2.05, 4.69) is 21.2 Å². The van der Waals surface area contributed by atoms with Crippen LogP contribution in [-0.2, 0) is 0 Å². The Balaban J connectivity index is 2.15. The van der Waals surface area contributed by atoms with Gasteiger partial charge in [0.1, 0.15) is 5.82 Å². The molecule has 0 bridgehead atoms. The molecule has 0 spiro atoms. The van der Waals surface area contributed by atoms with Gasteiger partial charge in [0.2, 0.25) is 0 Å². The maximum atomic E-state index is 13.8. The first-order valence-corrected chi connectivity index (χ1v) is 7.30. The molecule has 0 unspecified atom stereocenters. The first-order valence-electron chi connectivity index (χ1n) is 6.51. The molecule has 1 saturated heterocycles. The standard InChI is InChI=1S/C14H18BrFN2O/c1-17-8-10-4-3-7-18(9-10)14(19)13-11(15)5-2-6-12(13)16/h2,5-6,10,17H,3-4,7-9H2,1H3/t10-/m0/s1. The van der Waals surface area contributed by atoms with Crippen LogP contribution >= 0.6 is 15.9 Å². The minimum Gasteiger partial charge on any atom is -0.338 e. The number of hydrogen-bond donors (Lipinski definition) is 1. The van der Waals surface area contributed by atoms with E-state index in [9.17, 15) is 9.18 Å². The van der Waals surface area contributed by atoms with Gasteiger partial charge in [-0.1, -0.05) is 6.07 Å². The molecule has 0 aromatic heterocycles. The van der Waals surface area contributed by atoms with Crippen LogP contribution in [0.15, 0.2) is 22.7 Å². The Labute approximate surface area is 121 Å². The van der Waals surface area contributed by atoms with Gasteiger partial charge >= 0.3 is 0 Å². The van der Waals surface area contributed by atoms with Gasteiger partial charge in [-0.25, -0.2) is 4.39 Å². The second-order valence-electron chi connectivity index (χ2n) is 4.91. The Morgan fingerprint density at radius 3 is 3.05 bits per heavy atom. The predicted octanol–water partition coefficient (Wildman–Crippen LogP) is 2.66. The number of nitrogens with zero attached hydrogens (tertiary/aromatic N) is 1. The van der Waals surface area contributed by atoms with Crippen LogP contribution in [0.4, 0.5) is 4.39 Å². The maximum absolute atomic E-state index is 13.8. The highest BCUT2D eigenvalue weighted by molar-refractivity contribution is 9.10. The van der Waals surface area contributed by atoms with Crippen molar-refractivity contribution < 1.29 is 9.18 Å². The van der Waals surface area contributed by atoms with Crippen molar-refractivity contribution in [2.75, 3.05) is 26.7 Å². The van der Waals surface area contributed by atoms with Crippen LogP contribution < -0.4 is 5.32 Å². The Morgan fingerprint density at radius 1 is 1.58 bits per heavy atom. The summed E-state index contributed by atoms with van der Waals surface area (Å²) in [7, 11) is 1.91. The smallest absolute Gasteiger partial charge is 0.257 e. The first kappa shape index (κ1) is 14.5. The number of piperidine rings is 1. The lowest BCUT2D eigenvalue weighted by atomic mass is 9.97. The lowest BCUT2D eigenvalue weighted by Gasteiger charge is -2.33. The number of carbonyl (C=O) groups excluding carboxylic acids is 1. The summed E-state index contributed by atoms with van der Waals surface area (Å²) in [6.45, 7) is 2.29. The first-order chi connectivity index (χ1) is 9.13. The second kappa shape index (κ2) is 6.48. The van der Waals surface area contributed by atoms with Crippen molar-refractivity contribution in [1.82, 2.24) is 10.2 Å². The highest BCUT2D eigenvalue weighted by atomic mass is 79.9. The number of nitrogens with one attached hydrogen (secondary N) is 1. The van der Waals surface area contributed by atoms with Gasteiger partial charge in [-0.05, 0) is 60.4 Å². The van der Waals surface area contributed by atoms with Crippen LogP contribution in [0.25, 0.3) is 0 Å². The van der Waals surface area contributed by atoms with Gasteiger partial charge in [-0.15, -0.1) is 0 Å². The summed E-state index contributed by atoms with van der Waals surface area (Å²) in [5.74, 6) is -0.228. The van der Waals surface area contributed by atoms with Gasteiger partial charge in [0, 0.05) is 17.6 Å². The number of likely N-dealkylation sites (tertiary alicyclic amines) is 1. The number of halogens is 2. The van der Waals surface area contributed by atoms with Crippen LogP contribution in [0.1, 0.15) is 23.2 Å². The van der Waals surface area contributed by atoms with Crippen molar-refractivity contribution in [1.29, 1.82) is 0 Å². The second-order valence-corrected chi connectivity index (χ2v) is 5.77. The molecule has 2 rings (SSSR count). The molecule has 104 valence electrons. The highest BCUT2D eigenvalue weighted by Gasteiger charge is 2.26. The molecule has 1 aromatic carbocycles. The van der Waals surface area contributed by atoms with Crippen LogP contribution in [0.3, 0.4) is 0 Å². The van der Waals surface area contributed by atoms with E-state index in [1.54, 1.807) is 17.0 Å². The Hall–Kier alpha value is -0.940. The van der Waals surface area contributed by atoms with Crippen LogP contribution in [-0.4, -0.2) is 37.5 Å². The van der Waals surface area contributed by atoms with Crippen LogP contribution in [0, 0.1) is 11.7 Å². The van der Waals surface area contributed by atoms with E-state index in [1.807, 2.05) is 7.05 Å². The maximum Gasteiger partial charge on any atom is 0.257 e. The van der Waals surface area contributed by atoms with E-state index in [-0.39, 0.29) is 11.5 Å². The lowest BCUT2D eigenvalue weighted by molar-refractivity contribution is 0.0668. The van der Waals surface area contributed by atoms with Gasteiger partial charge in [0.25, 0.3) is 5.91 Å². The van der Waals surface area contributed by atoms with Crippen molar-refractivity contribution in [3.8, 4) is 0 Å². The molecule has 1 aliphatic heterocycles. The summed E-state index contributed by atoms with van der Waals surface area (Å²) in [5, 5.41) is 3.14. The molecule has 5 heteroatoms. The molecule has 0 aliphatic carbocycles. The monoisotopic (exact) mass is 328 g/mol. The summed E-state index contributed by atoms with van der Waals surface area (Å²) >= 11 is 3.26. The molecule has 1 aromatic rings. The molecule has 1 fully saturated rings. The Kier molecular flexibility index (Phi) is 4.93. The molecular formula is C14H18BrFN2O. The fourth-order valence-electron chi connectivity index (χ4n) is 2.57. The SMILES string of the molecule is CNC[C@@H]1CCCN(C(=O)c2c(F)cccc2Br)C1. The fourth-order valence-corrected chi connectivity index (χ4v) is 3.08. The predicted molar refractivity (Wildman–Crippen MR) is 76.7 cm³/mol. The summed E-state index contributed by atoms with van der Waals surface area (Å²) in [5.41, 5.74) is 0.146. The molecule has 1 amide bonds. The van der Waals surface area contributed by atoms with E-state index < -0.39 is 5.82 Å². The topological polar surface area (TPSA) is 32.3 Å². The molecule has 1 heterocycles. The zero-order valence-corrected chi connectivity index (χ0v) is 12.5. The summed E-state index contributed by atoms with van der Waals surface area (Å²) in [4.78, 5) is 14.2. The summed E-state index contributed by atoms with van der Waals surface area (Å²) in [6.07, 6.45) is 2.09. The zero-order valence-electron chi connectivity index (χ0n) is 11.0. The van der Waals surface area contributed by atoms with Gasteiger partial charge in [0.05, 0.1) is 5.56 Å². The fraction of sp³-hybridized carbons (Fsp3) is 0.500. The summed E-state index contributed by atoms with van der Waals surface area (Å²) < 4.78 is 14.3. The minimum atomic E-state index is -0.463. The Morgan fingerprint density at radius 2 is 2.37 bits per heavy atom. The molecule has 1 N–H and O–H groups in total. The van der Waals surface area contributed by atoms with Crippen molar-refractivity contribution in [3.63, 3.8) is 0 Å². The van der Waals surface area contributed by atoms with Crippen LogP contribution in [0.5, 0.6) is 0 Å². The molecule has 0 saturated carbocycles. The number of benzene rings is 1. The average Bonchev–Trinajstić information content (AvgIpc) is 2.39. The molecule has 3 nitrogen and oxygen atoms in total. The third-order valence-corrected chi connectivity index (χ3v) is 4.14. The average molecular weight is 329 g/mol. The van der Waals surface area contributed by atoms with Crippen molar-refractivity contribution >= 4 is 21.8 Å².